The van der Waals surface area contributed by atoms with Gasteiger partial charge in [-0.25, -0.2) is 9.78 Å². The molecule has 1 aromatic heterocycles. The van der Waals surface area contributed by atoms with Crippen LogP contribution in [0.3, 0.4) is 0 Å². The van der Waals surface area contributed by atoms with Gasteiger partial charge in [-0.2, -0.15) is 13.2 Å². The number of nitrogens with one attached hydrogen (secondary N) is 2. The van der Waals surface area contributed by atoms with Crippen molar-refractivity contribution in [3.8, 4) is 0 Å². The number of halogens is 3. The Morgan fingerprint density at radius 2 is 2.03 bits per heavy atom. The van der Waals surface area contributed by atoms with Crippen molar-refractivity contribution in [2.24, 2.45) is 4.99 Å². The molecule has 0 aliphatic carbocycles. The first kappa shape index (κ1) is 27.9. The van der Waals surface area contributed by atoms with Crippen LogP contribution in [0.2, 0.25) is 0 Å². The Labute approximate surface area is 223 Å². The summed E-state index contributed by atoms with van der Waals surface area (Å²) < 4.78 is 44.0. The quantitative estimate of drug-likeness (QED) is 0.294. The SMILES string of the molecule is C=CCC1=C(N=C(CC)Cc2ccnc(N3CCN(C(=O)C(F)(F)F)CC3)c2)C=C(C2NC(=O)NC2=O)OC1. The van der Waals surface area contributed by atoms with Gasteiger partial charge in [0.25, 0.3) is 5.91 Å². The lowest BCUT2D eigenvalue weighted by molar-refractivity contribution is -0.185. The third kappa shape index (κ3) is 6.65. The fraction of sp³-hybridized carbons (Fsp3) is 0.423. The number of nitrogens with zero attached hydrogens (tertiary/aromatic N) is 4. The van der Waals surface area contributed by atoms with E-state index in [2.05, 4.69) is 22.2 Å². The van der Waals surface area contributed by atoms with Gasteiger partial charge in [-0.05, 0) is 36.1 Å². The molecule has 3 aliphatic heterocycles. The van der Waals surface area contributed by atoms with Crippen molar-refractivity contribution >= 4 is 29.4 Å². The van der Waals surface area contributed by atoms with E-state index in [1.54, 1.807) is 18.3 Å². The van der Waals surface area contributed by atoms with Crippen molar-refractivity contribution in [2.75, 3.05) is 37.7 Å². The number of imide groups is 1. The van der Waals surface area contributed by atoms with E-state index in [0.29, 0.717) is 36.5 Å². The Hall–Kier alpha value is -4.16. The van der Waals surface area contributed by atoms with E-state index in [1.807, 2.05) is 24.0 Å². The molecule has 10 nitrogen and oxygen atoms in total. The lowest BCUT2D eigenvalue weighted by Gasteiger charge is -2.35. The maximum absolute atomic E-state index is 12.7. The molecule has 1 atom stereocenters. The molecular formula is C26H29F3N6O4. The van der Waals surface area contributed by atoms with Crippen LogP contribution >= 0.6 is 0 Å². The molecule has 2 N–H and O–H groups in total. The van der Waals surface area contributed by atoms with E-state index >= 15 is 0 Å². The molecule has 1 aromatic rings. The fourth-order valence-corrected chi connectivity index (χ4v) is 4.47. The van der Waals surface area contributed by atoms with E-state index in [1.165, 1.54) is 0 Å². The van der Waals surface area contributed by atoms with Crippen LogP contribution in [0.25, 0.3) is 0 Å². The predicted octanol–water partition coefficient (Wildman–Crippen LogP) is 2.64. The summed E-state index contributed by atoms with van der Waals surface area (Å²) in [7, 11) is 0. The molecule has 4 rings (SSSR count). The molecule has 208 valence electrons. The number of alkyl halides is 3. The molecule has 0 spiro atoms. The number of carbonyl (C=O) groups is 3. The number of hydrogen-bond donors (Lipinski definition) is 2. The fourth-order valence-electron chi connectivity index (χ4n) is 4.47. The Kier molecular flexibility index (Phi) is 8.36. The van der Waals surface area contributed by atoms with Gasteiger partial charge in [0, 0.05) is 50.6 Å². The van der Waals surface area contributed by atoms with Gasteiger partial charge in [0.05, 0.1) is 5.70 Å². The first-order valence-electron chi connectivity index (χ1n) is 12.5. The molecule has 0 aromatic carbocycles. The van der Waals surface area contributed by atoms with Crippen molar-refractivity contribution < 1.29 is 32.3 Å². The third-order valence-corrected chi connectivity index (χ3v) is 6.54. The van der Waals surface area contributed by atoms with Crippen molar-refractivity contribution in [1.82, 2.24) is 20.5 Å². The van der Waals surface area contributed by atoms with Crippen molar-refractivity contribution in [3.63, 3.8) is 0 Å². The molecule has 0 saturated carbocycles. The van der Waals surface area contributed by atoms with Gasteiger partial charge in [0.2, 0.25) is 0 Å². The minimum atomic E-state index is -4.88. The van der Waals surface area contributed by atoms with Crippen LogP contribution in [0.1, 0.15) is 25.3 Å². The summed E-state index contributed by atoms with van der Waals surface area (Å²) in [4.78, 5) is 47.1. The summed E-state index contributed by atoms with van der Waals surface area (Å²) in [6.07, 6.45) is 1.81. The summed E-state index contributed by atoms with van der Waals surface area (Å²) in [5, 5.41) is 4.72. The van der Waals surface area contributed by atoms with Gasteiger partial charge >= 0.3 is 18.1 Å². The smallest absolute Gasteiger partial charge is 0.471 e. The molecule has 0 radical (unpaired) electrons. The Balaban J connectivity index is 1.50. The number of hydrogen-bond acceptors (Lipinski definition) is 7. The number of aromatic nitrogens is 1. The van der Waals surface area contributed by atoms with Gasteiger partial charge in [0.1, 0.15) is 18.2 Å². The number of allylic oxidation sites excluding steroid dienone is 2. The number of ether oxygens (including phenoxy) is 1. The summed E-state index contributed by atoms with van der Waals surface area (Å²) >= 11 is 0. The average Bonchev–Trinajstić information content (AvgIpc) is 3.26. The average molecular weight is 547 g/mol. The zero-order valence-electron chi connectivity index (χ0n) is 21.4. The van der Waals surface area contributed by atoms with Gasteiger partial charge in [0.15, 0.2) is 6.04 Å². The second-order valence-corrected chi connectivity index (χ2v) is 9.22. The van der Waals surface area contributed by atoms with Crippen molar-refractivity contribution in [1.29, 1.82) is 0 Å². The topological polar surface area (TPSA) is 116 Å². The second kappa shape index (κ2) is 11.7. The number of rotatable bonds is 8. The zero-order valence-corrected chi connectivity index (χ0v) is 21.4. The monoisotopic (exact) mass is 546 g/mol. The van der Waals surface area contributed by atoms with E-state index in [-0.39, 0.29) is 32.8 Å². The molecule has 4 amide bonds. The number of urea groups is 1. The third-order valence-electron chi connectivity index (χ3n) is 6.54. The Morgan fingerprint density at radius 1 is 1.28 bits per heavy atom. The Bertz CT molecular complexity index is 1250. The van der Waals surface area contributed by atoms with Crippen LogP contribution in [0.4, 0.5) is 23.8 Å². The van der Waals surface area contributed by atoms with Crippen LogP contribution in [-0.2, 0) is 20.7 Å². The van der Waals surface area contributed by atoms with E-state index < -0.39 is 30.1 Å². The minimum Gasteiger partial charge on any atom is -0.491 e. The summed E-state index contributed by atoms with van der Waals surface area (Å²) in [6, 6.07) is 2.21. The summed E-state index contributed by atoms with van der Waals surface area (Å²) in [6.45, 7) is 6.36. The van der Waals surface area contributed by atoms with Crippen molar-refractivity contribution in [2.45, 2.75) is 38.4 Å². The highest BCUT2D eigenvalue weighted by Gasteiger charge is 2.43. The number of pyridine rings is 1. The first-order valence-corrected chi connectivity index (χ1v) is 12.5. The maximum Gasteiger partial charge on any atom is 0.471 e. The second-order valence-electron chi connectivity index (χ2n) is 9.22. The number of aliphatic imine (C=N–C) groups is 1. The van der Waals surface area contributed by atoms with Crippen LogP contribution in [0.5, 0.6) is 0 Å². The highest BCUT2D eigenvalue weighted by atomic mass is 19.4. The maximum atomic E-state index is 12.7. The first-order chi connectivity index (χ1) is 18.6. The highest BCUT2D eigenvalue weighted by Crippen LogP contribution is 2.26. The molecule has 2 saturated heterocycles. The normalized spacial score (nSPS) is 20.4. The Morgan fingerprint density at radius 3 is 2.64 bits per heavy atom. The zero-order chi connectivity index (χ0) is 28.2. The van der Waals surface area contributed by atoms with Gasteiger partial charge < -0.3 is 19.9 Å². The minimum absolute atomic E-state index is 0.0393. The molecule has 2 fully saturated rings. The lowest BCUT2D eigenvalue weighted by atomic mass is 10.0. The van der Waals surface area contributed by atoms with Crippen LogP contribution in [0, 0.1) is 0 Å². The lowest BCUT2D eigenvalue weighted by Crippen LogP contribution is -2.52. The number of amides is 4. The van der Waals surface area contributed by atoms with Gasteiger partial charge in [-0.15, -0.1) is 6.58 Å². The molecule has 4 heterocycles. The standard InChI is InChI=1S/C26H29F3N6O4/c1-3-5-17-15-39-20(22-23(36)33-25(38)32-22)14-19(17)31-18(4-2)12-16-6-7-30-21(13-16)34-8-10-35(11-9-34)24(37)26(27,28)29/h3,6-7,13-14,22H,1,4-5,8-12,15H2,2H3,(H2,32,33,36,38). The molecule has 3 aliphatic rings. The summed E-state index contributed by atoms with van der Waals surface area (Å²) in [5.41, 5.74) is 3.29. The molecule has 39 heavy (non-hydrogen) atoms. The van der Waals surface area contributed by atoms with E-state index in [4.69, 9.17) is 9.73 Å². The van der Waals surface area contributed by atoms with Gasteiger partial charge in [-0.3, -0.25) is 19.9 Å². The summed E-state index contributed by atoms with van der Waals surface area (Å²) in [5.74, 6) is -1.40. The number of anilines is 1. The van der Waals surface area contributed by atoms with E-state index in [9.17, 15) is 27.6 Å². The molecule has 0 bridgehead atoms. The van der Waals surface area contributed by atoms with Crippen LogP contribution in [-0.4, -0.2) is 78.4 Å². The van der Waals surface area contributed by atoms with Crippen LogP contribution in [0.15, 0.2) is 59.1 Å². The van der Waals surface area contributed by atoms with Gasteiger partial charge in [-0.1, -0.05) is 13.0 Å². The molecule has 13 heteroatoms. The van der Waals surface area contributed by atoms with E-state index in [0.717, 1.165) is 21.7 Å². The van der Waals surface area contributed by atoms with Crippen LogP contribution < -0.4 is 15.5 Å². The largest absolute Gasteiger partial charge is 0.491 e. The number of piperazine rings is 1. The predicted molar refractivity (Wildman–Crippen MR) is 137 cm³/mol. The van der Waals surface area contributed by atoms with Crippen molar-refractivity contribution in [3.05, 3.63) is 59.7 Å². The number of carbonyl (C=O) groups excluding carboxylic acids is 3. The highest BCUT2D eigenvalue weighted by molar-refractivity contribution is 6.05. The molecular weight excluding hydrogens is 517 g/mol. The molecule has 1 unspecified atom stereocenters.